The number of ether oxygens (including phenoxy) is 2. The number of hydrogen-bond acceptors (Lipinski definition) is 7. The molecule has 0 saturated heterocycles. The van der Waals surface area contributed by atoms with E-state index >= 15 is 0 Å². The Balaban J connectivity index is 0.00000576. The summed E-state index contributed by atoms with van der Waals surface area (Å²) in [5.41, 5.74) is 10.7. The van der Waals surface area contributed by atoms with Gasteiger partial charge in [0.25, 0.3) is 0 Å². The van der Waals surface area contributed by atoms with Gasteiger partial charge in [-0.1, -0.05) is 73.7 Å². The summed E-state index contributed by atoms with van der Waals surface area (Å²) in [4.78, 5) is 25.5. The van der Waals surface area contributed by atoms with Crippen LogP contribution in [0.1, 0.15) is 85.8 Å². The Hall–Kier alpha value is -2.49. The van der Waals surface area contributed by atoms with Crippen LogP contribution in [0, 0.1) is 5.92 Å². The summed E-state index contributed by atoms with van der Waals surface area (Å²) in [6.07, 6.45) is 8.23. The van der Waals surface area contributed by atoms with E-state index in [1.54, 1.807) is 24.3 Å². The van der Waals surface area contributed by atoms with Gasteiger partial charge in [-0.2, -0.15) is 0 Å². The molecule has 1 fully saturated rings. The molecule has 4 N–H and O–H groups in total. The van der Waals surface area contributed by atoms with E-state index in [-0.39, 0.29) is 43.4 Å². The number of halogens is 4. The smallest absolute Gasteiger partial charge is 0.338 e. The second-order valence-electron chi connectivity index (χ2n) is 11.4. The zero-order valence-electron chi connectivity index (χ0n) is 26.1. The van der Waals surface area contributed by atoms with E-state index in [1.165, 1.54) is 19.3 Å². The van der Waals surface area contributed by atoms with Crippen LogP contribution in [0.2, 0.25) is 10.0 Å². The first-order chi connectivity index (χ1) is 21.8. The highest BCUT2D eigenvalue weighted by Crippen LogP contribution is 2.39. The van der Waals surface area contributed by atoms with Crippen LogP contribution in [0.4, 0.5) is 17.1 Å². The number of anilines is 3. The Morgan fingerprint density at radius 3 is 2.33 bits per heavy atom. The molecule has 7 nitrogen and oxygen atoms in total. The van der Waals surface area contributed by atoms with E-state index in [0.29, 0.717) is 56.8 Å². The number of nitrogens with one attached hydrogen (secondary N) is 2. The largest absolute Gasteiger partial charge is 0.465 e. The highest BCUT2D eigenvalue weighted by atomic mass is 79.9. The van der Waals surface area contributed by atoms with Crippen molar-refractivity contribution in [2.24, 2.45) is 5.92 Å². The SMILES string of the molecule is CCNC(c1cc(C(=O)OCCCCCOC(=O)Cc2ccccc2Nc2c(Cl)cccc2Cl)cc(Br)c1N)C1CCCCC1.Cl. The van der Waals surface area contributed by atoms with E-state index < -0.39 is 0 Å². The molecule has 250 valence electrons. The van der Waals surface area contributed by atoms with Gasteiger partial charge >= 0.3 is 11.9 Å². The Labute approximate surface area is 296 Å². The fraction of sp³-hybridized carbons (Fsp3) is 0.429. The molecule has 1 saturated carbocycles. The summed E-state index contributed by atoms with van der Waals surface area (Å²) in [6.45, 7) is 3.50. The van der Waals surface area contributed by atoms with E-state index in [9.17, 15) is 9.59 Å². The summed E-state index contributed by atoms with van der Waals surface area (Å²) in [5, 5.41) is 7.83. The minimum Gasteiger partial charge on any atom is -0.465 e. The Morgan fingerprint density at radius 2 is 1.63 bits per heavy atom. The Kier molecular flexibility index (Phi) is 16.0. The van der Waals surface area contributed by atoms with Crippen molar-refractivity contribution < 1.29 is 19.1 Å². The minimum absolute atomic E-state index is 0. The topological polar surface area (TPSA) is 103 Å². The fourth-order valence-electron chi connectivity index (χ4n) is 5.80. The van der Waals surface area contributed by atoms with E-state index in [2.05, 4.69) is 33.5 Å². The van der Waals surface area contributed by atoms with Crippen LogP contribution < -0.4 is 16.4 Å². The van der Waals surface area contributed by atoms with Crippen LogP contribution in [0.25, 0.3) is 0 Å². The molecule has 1 unspecified atom stereocenters. The maximum Gasteiger partial charge on any atom is 0.338 e. The van der Waals surface area contributed by atoms with Crippen molar-refractivity contribution in [3.63, 3.8) is 0 Å². The van der Waals surface area contributed by atoms with E-state index in [1.807, 2.05) is 30.3 Å². The van der Waals surface area contributed by atoms with Gasteiger partial charge in [-0.25, -0.2) is 4.79 Å². The standard InChI is InChI=1S/C35H42BrCl2N3O4.ClH/c1-2-40-33(23-12-5-3-6-13-23)26-20-25(21-27(36)32(26)39)35(43)45-19-10-4-9-18-44-31(42)22-24-14-7-8-17-30(24)41-34-28(37)15-11-16-29(34)38;/h7-8,11,14-17,20-21,23,33,40-41H,2-6,9-10,12-13,18-19,22,39H2,1H3;1H. The third-order valence-corrected chi connectivity index (χ3v) is 9.42. The Bertz CT molecular complexity index is 1430. The first-order valence-corrected chi connectivity index (χ1v) is 17.3. The van der Waals surface area contributed by atoms with Crippen molar-refractivity contribution in [2.45, 2.75) is 70.8 Å². The lowest BCUT2D eigenvalue weighted by atomic mass is 9.80. The molecule has 1 aliphatic carbocycles. The number of hydrogen-bond donors (Lipinski definition) is 3. The third kappa shape index (κ3) is 10.8. The molecule has 11 heteroatoms. The number of carbonyl (C=O) groups is 2. The van der Waals surface area contributed by atoms with Crippen molar-refractivity contribution in [1.82, 2.24) is 5.32 Å². The predicted octanol–water partition coefficient (Wildman–Crippen LogP) is 9.85. The number of carbonyl (C=O) groups excluding carboxylic acids is 2. The van der Waals surface area contributed by atoms with Gasteiger partial charge in [-0.3, -0.25) is 4.79 Å². The van der Waals surface area contributed by atoms with Gasteiger partial charge in [0.15, 0.2) is 0 Å². The lowest BCUT2D eigenvalue weighted by Crippen LogP contribution is -2.30. The molecule has 0 radical (unpaired) electrons. The summed E-state index contributed by atoms with van der Waals surface area (Å²) < 4.78 is 11.8. The zero-order chi connectivity index (χ0) is 32.2. The molecule has 0 amide bonds. The number of nitrogens with two attached hydrogens (primary N) is 1. The van der Waals surface area contributed by atoms with Gasteiger partial charge in [-0.15, -0.1) is 12.4 Å². The molecule has 0 aromatic heterocycles. The second kappa shape index (κ2) is 19.4. The van der Waals surface area contributed by atoms with Gasteiger partial charge < -0.3 is 25.8 Å². The summed E-state index contributed by atoms with van der Waals surface area (Å²) in [7, 11) is 0. The van der Waals surface area contributed by atoms with Crippen molar-refractivity contribution in [1.29, 1.82) is 0 Å². The zero-order valence-corrected chi connectivity index (χ0v) is 30.0. The van der Waals surface area contributed by atoms with Crippen LogP contribution in [0.5, 0.6) is 0 Å². The first kappa shape index (κ1) is 38.0. The monoisotopic (exact) mass is 753 g/mol. The Morgan fingerprint density at radius 1 is 0.957 bits per heavy atom. The predicted molar refractivity (Wildman–Crippen MR) is 194 cm³/mol. The highest BCUT2D eigenvalue weighted by Gasteiger charge is 2.27. The molecule has 4 rings (SSSR count). The molecule has 1 atom stereocenters. The van der Waals surface area contributed by atoms with Crippen molar-refractivity contribution in [3.05, 3.63) is 85.8 Å². The summed E-state index contributed by atoms with van der Waals surface area (Å²) >= 11 is 16.2. The molecule has 0 aliphatic heterocycles. The average Bonchev–Trinajstić information content (AvgIpc) is 3.03. The molecule has 3 aromatic carbocycles. The van der Waals surface area contributed by atoms with Crippen LogP contribution in [0.15, 0.2) is 59.1 Å². The number of rotatable bonds is 15. The second-order valence-corrected chi connectivity index (χ2v) is 13.0. The molecule has 3 aromatic rings. The number of unbranched alkanes of at least 4 members (excludes halogenated alkanes) is 2. The third-order valence-electron chi connectivity index (χ3n) is 8.14. The van der Waals surface area contributed by atoms with E-state index in [4.69, 9.17) is 38.4 Å². The minimum atomic E-state index is -0.368. The molecule has 46 heavy (non-hydrogen) atoms. The molecular formula is C35H43BrCl3N3O4. The van der Waals surface area contributed by atoms with Crippen molar-refractivity contribution in [2.75, 3.05) is 30.8 Å². The van der Waals surface area contributed by atoms with Crippen molar-refractivity contribution in [3.8, 4) is 0 Å². The summed E-state index contributed by atoms with van der Waals surface area (Å²) in [6, 6.07) is 16.5. The molecule has 0 spiro atoms. The molecule has 0 heterocycles. The summed E-state index contributed by atoms with van der Waals surface area (Å²) in [5.74, 6) is -0.199. The van der Waals surface area contributed by atoms with E-state index in [0.717, 1.165) is 42.6 Å². The lowest BCUT2D eigenvalue weighted by Gasteiger charge is -2.32. The maximum absolute atomic E-state index is 13.0. The van der Waals surface area contributed by atoms with Gasteiger partial charge in [0.2, 0.25) is 0 Å². The number of esters is 2. The van der Waals surface area contributed by atoms with Crippen LogP contribution in [-0.2, 0) is 20.7 Å². The molecular weight excluding hydrogens is 713 g/mol. The number of benzene rings is 3. The van der Waals surface area contributed by atoms with Crippen LogP contribution in [-0.4, -0.2) is 31.7 Å². The molecule has 0 bridgehead atoms. The van der Waals surface area contributed by atoms with Crippen LogP contribution in [0.3, 0.4) is 0 Å². The van der Waals surface area contributed by atoms with Gasteiger partial charge in [0.1, 0.15) is 0 Å². The maximum atomic E-state index is 13.0. The highest BCUT2D eigenvalue weighted by molar-refractivity contribution is 9.10. The fourth-order valence-corrected chi connectivity index (χ4v) is 6.77. The average molecular weight is 756 g/mol. The van der Waals surface area contributed by atoms with Gasteiger partial charge in [-0.05, 0) is 102 Å². The lowest BCUT2D eigenvalue weighted by molar-refractivity contribution is -0.142. The molecule has 1 aliphatic rings. The van der Waals surface area contributed by atoms with Crippen molar-refractivity contribution >= 4 is 80.5 Å². The number of nitrogen functional groups attached to an aromatic ring is 1. The van der Waals surface area contributed by atoms with Crippen LogP contribution >= 0.6 is 51.5 Å². The number of para-hydroxylation sites is 2. The normalized spacial score (nSPS) is 13.8. The quantitative estimate of drug-likeness (QED) is 0.0807. The first-order valence-electron chi connectivity index (χ1n) is 15.7. The van der Waals surface area contributed by atoms with Gasteiger partial charge in [0.05, 0.1) is 46.6 Å². The van der Waals surface area contributed by atoms with Gasteiger partial charge in [0, 0.05) is 16.2 Å².